The van der Waals surface area contributed by atoms with Crippen LogP contribution in [0, 0.1) is 3.57 Å². The van der Waals surface area contributed by atoms with Gasteiger partial charge in [-0.1, -0.05) is 43.7 Å². The summed E-state index contributed by atoms with van der Waals surface area (Å²) in [4.78, 5) is 12.2. The monoisotopic (exact) mass is 401 g/mol. The van der Waals surface area contributed by atoms with E-state index in [1.807, 2.05) is 18.2 Å². The first-order chi connectivity index (χ1) is 9.61. The Kier molecular flexibility index (Phi) is 5.47. The van der Waals surface area contributed by atoms with Crippen molar-refractivity contribution in [2.24, 2.45) is 0 Å². The Morgan fingerprint density at radius 2 is 2.15 bits per heavy atom. The number of carbonyl (C=O) groups is 1. The third-order valence-electron chi connectivity index (χ3n) is 2.92. The van der Waals surface area contributed by atoms with Gasteiger partial charge in [-0.3, -0.25) is 10.1 Å². The fourth-order valence-electron chi connectivity index (χ4n) is 1.85. The number of hydrogen-bond donors (Lipinski definition) is 1. The van der Waals surface area contributed by atoms with Gasteiger partial charge in [-0.05, 0) is 41.1 Å². The van der Waals surface area contributed by atoms with Gasteiger partial charge in [-0.2, -0.15) is 0 Å². The van der Waals surface area contributed by atoms with Crippen molar-refractivity contribution >= 4 is 45.0 Å². The number of halogens is 1. The summed E-state index contributed by atoms with van der Waals surface area (Å²) in [6.07, 6.45) is 2.20. The molecule has 1 aromatic heterocycles. The predicted octanol–water partition coefficient (Wildman–Crippen LogP) is 4.30. The number of nitrogens with zero attached hydrogens (tertiary/aromatic N) is 2. The summed E-state index contributed by atoms with van der Waals surface area (Å²) in [5, 5.41) is 12.6. The quantitative estimate of drug-likeness (QED) is 0.761. The van der Waals surface area contributed by atoms with E-state index in [1.54, 1.807) is 6.07 Å². The molecule has 4 nitrogen and oxygen atoms in total. The number of amides is 1. The van der Waals surface area contributed by atoms with Crippen molar-refractivity contribution in [2.45, 2.75) is 32.6 Å². The molecule has 0 spiro atoms. The molecule has 0 aliphatic rings. The van der Waals surface area contributed by atoms with Crippen LogP contribution < -0.4 is 5.32 Å². The lowest BCUT2D eigenvalue weighted by Gasteiger charge is -2.04. The molecule has 0 fully saturated rings. The van der Waals surface area contributed by atoms with Crippen LogP contribution in [0.2, 0.25) is 0 Å². The topological polar surface area (TPSA) is 54.9 Å². The van der Waals surface area contributed by atoms with E-state index in [4.69, 9.17) is 0 Å². The smallest absolute Gasteiger partial charge is 0.258 e. The second-order valence-electron chi connectivity index (χ2n) is 4.57. The van der Waals surface area contributed by atoms with Crippen LogP contribution in [0.3, 0.4) is 0 Å². The van der Waals surface area contributed by atoms with Crippen LogP contribution in [0.4, 0.5) is 5.13 Å². The average molecular weight is 401 g/mol. The number of hydrogen-bond acceptors (Lipinski definition) is 4. The van der Waals surface area contributed by atoms with E-state index in [0.717, 1.165) is 21.4 Å². The van der Waals surface area contributed by atoms with Crippen LogP contribution in [-0.4, -0.2) is 16.1 Å². The van der Waals surface area contributed by atoms with Gasteiger partial charge in [-0.25, -0.2) is 0 Å². The van der Waals surface area contributed by atoms with Crippen molar-refractivity contribution in [1.29, 1.82) is 0 Å². The second-order valence-corrected chi connectivity index (χ2v) is 6.74. The van der Waals surface area contributed by atoms with Crippen molar-refractivity contribution in [3.8, 4) is 0 Å². The van der Waals surface area contributed by atoms with Gasteiger partial charge in [0.05, 0.1) is 5.56 Å². The molecule has 1 heterocycles. The van der Waals surface area contributed by atoms with E-state index in [-0.39, 0.29) is 5.91 Å². The molecule has 1 N–H and O–H groups in total. The SMILES string of the molecule is CCC[C@@H](C)c1nnc(NC(=O)c2ccccc2I)s1. The summed E-state index contributed by atoms with van der Waals surface area (Å²) < 4.78 is 0.923. The molecule has 20 heavy (non-hydrogen) atoms. The molecule has 6 heteroatoms. The summed E-state index contributed by atoms with van der Waals surface area (Å²) in [6.45, 7) is 4.29. The van der Waals surface area contributed by atoms with Gasteiger partial charge < -0.3 is 0 Å². The molecule has 0 saturated carbocycles. The van der Waals surface area contributed by atoms with Crippen molar-refractivity contribution < 1.29 is 4.79 Å². The number of anilines is 1. The molecule has 1 atom stereocenters. The minimum atomic E-state index is -0.138. The predicted molar refractivity (Wildman–Crippen MR) is 90.3 cm³/mol. The normalized spacial score (nSPS) is 12.2. The first kappa shape index (κ1) is 15.4. The Labute approximate surface area is 136 Å². The van der Waals surface area contributed by atoms with Gasteiger partial charge in [0.15, 0.2) is 0 Å². The highest BCUT2D eigenvalue weighted by Gasteiger charge is 2.15. The summed E-state index contributed by atoms with van der Waals surface area (Å²) in [7, 11) is 0. The van der Waals surface area contributed by atoms with Crippen LogP contribution in [0.1, 0.15) is 48.0 Å². The molecule has 106 valence electrons. The Morgan fingerprint density at radius 1 is 1.40 bits per heavy atom. The van der Waals surface area contributed by atoms with E-state index < -0.39 is 0 Å². The second kappa shape index (κ2) is 7.12. The Bertz CT molecular complexity index is 600. The zero-order chi connectivity index (χ0) is 14.5. The first-order valence-electron chi connectivity index (χ1n) is 6.51. The molecule has 2 aromatic rings. The van der Waals surface area contributed by atoms with E-state index in [0.29, 0.717) is 16.6 Å². The molecule has 1 aromatic carbocycles. The average Bonchev–Trinajstić information content (AvgIpc) is 2.88. The largest absolute Gasteiger partial charge is 0.296 e. The van der Waals surface area contributed by atoms with E-state index >= 15 is 0 Å². The van der Waals surface area contributed by atoms with Gasteiger partial charge in [0.2, 0.25) is 5.13 Å². The summed E-state index contributed by atoms with van der Waals surface area (Å²) in [5.74, 6) is 0.251. The molecular weight excluding hydrogens is 385 g/mol. The highest BCUT2D eigenvalue weighted by atomic mass is 127. The molecule has 2 rings (SSSR count). The lowest BCUT2D eigenvalue weighted by Crippen LogP contribution is -2.13. The lowest BCUT2D eigenvalue weighted by atomic mass is 10.1. The fraction of sp³-hybridized carbons (Fsp3) is 0.357. The van der Waals surface area contributed by atoms with E-state index in [1.165, 1.54) is 11.3 Å². The van der Waals surface area contributed by atoms with Crippen LogP contribution in [0.25, 0.3) is 0 Å². The van der Waals surface area contributed by atoms with Crippen LogP contribution >= 0.6 is 33.9 Å². The Hall–Kier alpha value is -1.02. The van der Waals surface area contributed by atoms with Crippen LogP contribution in [0.5, 0.6) is 0 Å². The number of benzene rings is 1. The Morgan fingerprint density at radius 3 is 2.85 bits per heavy atom. The molecule has 0 radical (unpaired) electrons. The minimum Gasteiger partial charge on any atom is -0.296 e. The van der Waals surface area contributed by atoms with E-state index in [2.05, 4.69) is 52.0 Å². The van der Waals surface area contributed by atoms with Crippen LogP contribution in [-0.2, 0) is 0 Å². The minimum absolute atomic E-state index is 0.138. The van der Waals surface area contributed by atoms with E-state index in [9.17, 15) is 4.79 Å². The number of carbonyl (C=O) groups excluding carboxylic acids is 1. The van der Waals surface area contributed by atoms with Crippen LogP contribution in [0.15, 0.2) is 24.3 Å². The maximum absolute atomic E-state index is 12.2. The zero-order valence-corrected chi connectivity index (χ0v) is 14.4. The van der Waals surface area contributed by atoms with Crippen molar-refractivity contribution in [3.63, 3.8) is 0 Å². The number of rotatable bonds is 5. The maximum Gasteiger partial charge on any atom is 0.258 e. The van der Waals surface area contributed by atoms with Crippen molar-refractivity contribution in [1.82, 2.24) is 10.2 Å². The summed E-state index contributed by atoms with van der Waals surface area (Å²) >= 11 is 3.60. The molecule has 0 saturated heterocycles. The summed E-state index contributed by atoms with van der Waals surface area (Å²) in [6, 6.07) is 7.48. The molecule has 1 amide bonds. The molecule has 0 aliphatic carbocycles. The number of nitrogens with one attached hydrogen (secondary N) is 1. The Balaban J connectivity index is 2.07. The third kappa shape index (κ3) is 3.76. The van der Waals surface area contributed by atoms with Crippen molar-refractivity contribution in [3.05, 3.63) is 38.4 Å². The van der Waals surface area contributed by atoms with Gasteiger partial charge in [0, 0.05) is 9.49 Å². The maximum atomic E-state index is 12.2. The van der Waals surface area contributed by atoms with Gasteiger partial charge in [0.1, 0.15) is 5.01 Å². The standard InChI is InChI=1S/C14H16IN3OS/c1-3-6-9(2)13-17-18-14(20-13)16-12(19)10-7-4-5-8-11(10)15/h4-5,7-9H,3,6H2,1-2H3,(H,16,18,19)/t9-/m1/s1. The third-order valence-corrected chi connectivity index (χ3v) is 4.93. The first-order valence-corrected chi connectivity index (χ1v) is 8.40. The highest BCUT2D eigenvalue weighted by molar-refractivity contribution is 14.1. The van der Waals surface area contributed by atoms with Gasteiger partial charge in [-0.15, -0.1) is 10.2 Å². The molecule has 0 bridgehead atoms. The van der Waals surface area contributed by atoms with Gasteiger partial charge in [0.25, 0.3) is 5.91 Å². The molecule has 0 aliphatic heterocycles. The summed E-state index contributed by atoms with van der Waals surface area (Å²) in [5.41, 5.74) is 0.659. The molecular formula is C14H16IN3OS. The lowest BCUT2D eigenvalue weighted by molar-refractivity contribution is 0.102. The zero-order valence-electron chi connectivity index (χ0n) is 11.4. The number of aromatic nitrogens is 2. The molecule has 0 unspecified atom stereocenters. The van der Waals surface area contributed by atoms with Crippen molar-refractivity contribution in [2.75, 3.05) is 5.32 Å². The highest BCUT2D eigenvalue weighted by Crippen LogP contribution is 2.26. The fourth-order valence-corrected chi connectivity index (χ4v) is 3.31. The van der Waals surface area contributed by atoms with Gasteiger partial charge >= 0.3 is 0 Å².